The highest BCUT2D eigenvalue weighted by atomic mass is 79.9. The van der Waals surface area contributed by atoms with E-state index in [9.17, 15) is 14.7 Å². The number of rotatable bonds is 9. The third kappa shape index (κ3) is 4.74. The fourth-order valence-corrected chi connectivity index (χ4v) is 4.60. The molecule has 1 aliphatic heterocycles. The molecule has 4 rings (SSSR count). The summed E-state index contributed by atoms with van der Waals surface area (Å²) in [6.07, 6.45) is 0.688. The minimum atomic E-state index is -0.748. The average Bonchev–Trinajstić information content (AvgIpc) is 3.33. The van der Waals surface area contributed by atoms with Gasteiger partial charge in [-0.05, 0) is 75.9 Å². The number of aliphatic hydroxyl groups excluding tert-OH is 1. The van der Waals surface area contributed by atoms with Gasteiger partial charge in [0.1, 0.15) is 11.3 Å². The largest absolute Gasteiger partial charge is 0.503 e. The number of carbonyl (C=O) groups is 2. The highest BCUT2D eigenvalue weighted by molar-refractivity contribution is 9.10. The van der Waals surface area contributed by atoms with Crippen molar-refractivity contribution >= 4 is 38.6 Å². The molecule has 0 radical (unpaired) electrons. The fraction of sp³-hybridized carbons (Fsp3) is 0.308. The summed E-state index contributed by atoms with van der Waals surface area (Å²) >= 11 is 3.42. The minimum absolute atomic E-state index is 0.0154. The van der Waals surface area contributed by atoms with Gasteiger partial charge in [0.05, 0.1) is 18.2 Å². The number of ether oxygens (including phenoxy) is 1. The second-order valence-electron chi connectivity index (χ2n) is 8.45. The van der Waals surface area contributed by atoms with Gasteiger partial charge in [0.2, 0.25) is 5.78 Å². The Kier molecular flexibility index (Phi) is 7.09. The number of furan rings is 1. The maximum atomic E-state index is 13.6. The van der Waals surface area contributed by atoms with Gasteiger partial charge in [0.25, 0.3) is 5.91 Å². The van der Waals surface area contributed by atoms with Gasteiger partial charge in [-0.2, -0.15) is 0 Å². The zero-order chi connectivity index (χ0) is 24.4. The van der Waals surface area contributed by atoms with Crippen molar-refractivity contribution in [1.29, 1.82) is 0 Å². The molecule has 0 saturated carbocycles. The van der Waals surface area contributed by atoms with Crippen LogP contribution in [-0.2, 0) is 4.79 Å². The Labute approximate surface area is 206 Å². The molecule has 1 amide bonds. The summed E-state index contributed by atoms with van der Waals surface area (Å²) in [4.78, 5) is 30.3. The molecule has 0 fully saturated rings. The van der Waals surface area contributed by atoms with Crippen molar-refractivity contribution < 1.29 is 23.8 Å². The van der Waals surface area contributed by atoms with Crippen molar-refractivity contribution in [2.24, 2.45) is 0 Å². The Morgan fingerprint density at radius 2 is 2.00 bits per heavy atom. The molecule has 34 heavy (non-hydrogen) atoms. The van der Waals surface area contributed by atoms with Crippen LogP contribution in [0.4, 0.5) is 0 Å². The first-order valence-corrected chi connectivity index (χ1v) is 11.9. The molecule has 178 valence electrons. The lowest BCUT2D eigenvalue weighted by Crippen LogP contribution is -2.33. The number of ketones is 1. The maximum absolute atomic E-state index is 13.6. The number of hydrogen-bond donors (Lipinski definition) is 1. The molecule has 0 saturated heterocycles. The molecule has 7 nitrogen and oxygen atoms in total. The quantitative estimate of drug-likeness (QED) is 0.389. The topological polar surface area (TPSA) is 83.2 Å². The van der Waals surface area contributed by atoms with Gasteiger partial charge in [0, 0.05) is 16.4 Å². The number of benzene rings is 2. The molecular weight excluding hydrogens is 500 g/mol. The van der Waals surface area contributed by atoms with Crippen molar-refractivity contribution in [3.8, 4) is 5.75 Å². The number of hydrogen-bond acceptors (Lipinski definition) is 6. The number of nitrogens with zero attached hydrogens (tertiary/aromatic N) is 2. The molecule has 1 aromatic heterocycles. The monoisotopic (exact) mass is 526 g/mol. The lowest BCUT2D eigenvalue weighted by molar-refractivity contribution is -0.129. The van der Waals surface area contributed by atoms with E-state index in [1.807, 2.05) is 62.3 Å². The van der Waals surface area contributed by atoms with Crippen LogP contribution < -0.4 is 4.74 Å². The van der Waals surface area contributed by atoms with E-state index in [1.165, 1.54) is 0 Å². The van der Waals surface area contributed by atoms with Crippen LogP contribution >= 0.6 is 15.9 Å². The van der Waals surface area contributed by atoms with E-state index in [1.54, 1.807) is 17.0 Å². The van der Waals surface area contributed by atoms with Crippen molar-refractivity contribution in [2.75, 3.05) is 33.8 Å². The third-order valence-electron chi connectivity index (χ3n) is 5.74. The first kappa shape index (κ1) is 24.0. The summed E-state index contributed by atoms with van der Waals surface area (Å²) in [5.74, 6) is -0.910. The number of amides is 1. The number of carbonyl (C=O) groups excluding carboxylic acids is 2. The van der Waals surface area contributed by atoms with Gasteiger partial charge in [-0.3, -0.25) is 9.59 Å². The second-order valence-corrected chi connectivity index (χ2v) is 9.36. The van der Waals surface area contributed by atoms with Crippen LogP contribution in [-0.4, -0.2) is 60.4 Å². The molecule has 0 bridgehead atoms. The average molecular weight is 527 g/mol. The van der Waals surface area contributed by atoms with Gasteiger partial charge in [-0.1, -0.05) is 28.1 Å². The summed E-state index contributed by atoms with van der Waals surface area (Å²) in [6.45, 7) is 3.52. The molecule has 1 N–H and O–H groups in total. The zero-order valence-electron chi connectivity index (χ0n) is 19.4. The maximum Gasteiger partial charge on any atom is 0.290 e. The fourth-order valence-electron chi connectivity index (χ4n) is 4.22. The van der Waals surface area contributed by atoms with Crippen LogP contribution in [0.5, 0.6) is 5.75 Å². The van der Waals surface area contributed by atoms with Crippen LogP contribution in [0, 0.1) is 0 Å². The highest BCUT2D eigenvalue weighted by Gasteiger charge is 2.44. The van der Waals surface area contributed by atoms with E-state index < -0.39 is 23.5 Å². The molecule has 0 aliphatic carbocycles. The molecule has 1 aliphatic rings. The van der Waals surface area contributed by atoms with Gasteiger partial charge in [-0.15, -0.1) is 0 Å². The van der Waals surface area contributed by atoms with E-state index in [4.69, 9.17) is 9.15 Å². The molecule has 0 spiro atoms. The van der Waals surface area contributed by atoms with E-state index in [0.717, 1.165) is 16.4 Å². The van der Waals surface area contributed by atoms with E-state index in [-0.39, 0.29) is 11.3 Å². The summed E-state index contributed by atoms with van der Waals surface area (Å²) < 4.78 is 12.3. The van der Waals surface area contributed by atoms with Gasteiger partial charge in [-0.25, -0.2) is 0 Å². The standard InChI is InChI=1S/C26H27BrN2O5/c1-4-33-19-8-5-7-16(14-19)23-22(25(31)26(32)29(23)12-6-11-28(2)3)24(30)21-15-17-13-18(27)9-10-20(17)34-21/h5,7-10,13-15,23,31H,4,6,11-12H2,1-3H3. The van der Waals surface area contributed by atoms with Crippen molar-refractivity contribution in [3.63, 3.8) is 0 Å². The third-order valence-corrected chi connectivity index (χ3v) is 6.23. The molecule has 2 aromatic carbocycles. The van der Waals surface area contributed by atoms with Crippen molar-refractivity contribution in [1.82, 2.24) is 9.80 Å². The van der Waals surface area contributed by atoms with E-state index >= 15 is 0 Å². The Morgan fingerprint density at radius 3 is 2.74 bits per heavy atom. The number of aliphatic hydroxyl groups is 1. The molecule has 8 heteroatoms. The highest BCUT2D eigenvalue weighted by Crippen LogP contribution is 2.40. The summed E-state index contributed by atoms with van der Waals surface area (Å²) in [5, 5.41) is 11.6. The predicted molar refractivity (Wildman–Crippen MR) is 133 cm³/mol. The van der Waals surface area contributed by atoms with Crippen LogP contribution in [0.15, 0.2) is 68.8 Å². The van der Waals surface area contributed by atoms with Crippen LogP contribution in [0.2, 0.25) is 0 Å². The first-order valence-electron chi connectivity index (χ1n) is 11.2. The minimum Gasteiger partial charge on any atom is -0.503 e. The summed E-state index contributed by atoms with van der Waals surface area (Å²) in [5.41, 5.74) is 1.26. The molecule has 2 heterocycles. The number of fused-ring (bicyclic) bond motifs is 1. The Hall–Kier alpha value is -3.10. The number of halogens is 1. The molecule has 1 unspecified atom stereocenters. The first-order chi connectivity index (χ1) is 16.3. The Bertz CT molecular complexity index is 1260. The van der Waals surface area contributed by atoms with E-state index in [2.05, 4.69) is 15.9 Å². The zero-order valence-corrected chi connectivity index (χ0v) is 21.0. The van der Waals surface area contributed by atoms with Crippen LogP contribution in [0.3, 0.4) is 0 Å². The van der Waals surface area contributed by atoms with E-state index in [0.29, 0.717) is 36.5 Å². The summed E-state index contributed by atoms with van der Waals surface area (Å²) in [7, 11) is 3.92. The number of Topliss-reactive ketones (excluding diaryl/α,β-unsaturated/α-hetero) is 1. The molecular formula is C26H27BrN2O5. The molecule has 3 aromatic rings. The van der Waals surface area contributed by atoms with Gasteiger partial charge >= 0.3 is 0 Å². The van der Waals surface area contributed by atoms with Crippen molar-refractivity contribution in [2.45, 2.75) is 19.4 Å². The smallest absolute Gasteiger partial charge is 0.290 e. The summed E-state index contributed by atoms with van der Waals surface area (Å²) in [6, 6.07) is 13.6. The second kappa shape index (κ2) is 10.0. The van der Waals surface area contributed by atoms with Gasteiger partial charge in [0.15, 0.2) is 11.5 Å². The van der Waals surface area contributed by atoms with Crippen molar-refractivity contribution in [3.05, 3.63) is 75.7 Å². The lowest BCUT2D eigenvalue weighted by atomic mass is 9.94. The normalized spacial score (nSPS) is 16.2. The lowest BCUT2D eigenvalue weighted by Gasteiger charge is -2.27. The van der Waals surface area contributed by atoms with Crippen LogP contribution in [0.25, 0.3) is 11.0 Å². The SMILES string of the molecule is CCOc1cccc(C2C(C(=O)c3cc4cc(Br)ccc4o3)=C(O)C(=O)N2CCCN(C)C)c1. The molecule has 1 atom stereocenters. The van der Waals surface area contributed by atoms with Gasteiger partial charge < -0.3 is 24.1 Å². The predicted octanol–water partition coefficient (Wildman–Crippen LogP) is 5.12. The Balaban J connectivity index is 1.76. The van der Waals surface area contributed by atoms with Crippen LogP contribution in [0.1, 0.15) is 35.5 Å². The Morgan fingerprint density at radius 1 is 1.21 bits per heavy atom.